The highest BCUT2D eigenvalue weighted by molar-refractivity contribution is 7.18. The van der Waals surface area contributed by atoms with Crippen molar-refractivity contribution in [2.24, 2.45) is 0 Å². The molecular formula is C26H28N6O2S. The average Bonchev–Trinajstić information content (AvgIpc) is 3.37. The first-order valence-electron chi connectivity index (χ1n) is 12.5. The second-order valence-corrected chi connectivity index (χ2v) is 10.5. The summed E-state index contributed by atoms with van der Waals surface area (Å²) in [6, 6.07) is 7.73. The zero-order valence-corrected chi connectivity index (χ0v) is 20.4. The van der Waals surface area contributed by atoms with Gasteiger partial charge in [0.1, 0.15) is 10.7 Å². The molecule has 1 aliphatic heterocycles. The van der Waals surface area contributed by atoms with Crippen LogP contribution in [0.25, 0.3) is 21.6 Å². The van der Waals surface area contributed by atoms with E-state index in [9.17, 15) is 9.59 Å². The van der Waals surface area contributed by atoms with E-state index in [1.807, 2.05) is 24.3 Å². The van der Waals surface area contributed by atoms with Crippen molar-refractivity contribution in [3.05, 3.63) is 57.2 Å². The molecule has 6 rings (SSSR count). The summed E-state index contributed by atoms with van der Waals surface area (Å²) >= 11 is 1.64. The Kier molecular flexibility index (Phi) is 5.93. The van der Waals surface area contributed by atoms with Crippen LogP contribution in [0.2, 0.25) is 0 Å². The molecule has 4 aromatic rings. The van der Waals surface area contributed by atoms with E-state index in [2.05, 4.69) is 25.1 Å². The Morgan fingerprint density at radius 2 is 1.83 bits per heavy atom. The molecule has 0 bridgehead atoms. The topological polar surface area (TPSA) is 94.7 Å². The van der Waals surface area contributed by atoms with Crippen LogP contribution >= 0.6 is 11.3 Å². The van der Waals surface area contributed by atoms with Crippen molar-refractivity contribution in [1.29, 1.82) is 0 Å². The summed E-state index contributed by atoms with van der Waals surface area (Å²) in [6.07, 6.45) is 10.6. The summed E-state index contributed by atoms with van der Waals surface area (Å²) in [6.45, 7) is 1.26. The molecule has 0 saturated heterocycles. The minimum atomic E-state index is -0.131. The number of carbonyl (C=O) groups is 1. The monoisotopic (exact) mass is 488 g/mol. The molecule has 0 fully saturated rings. The maximum absolute atomic E-state index is 13.1. The highest BCUT2D eigenvalue weighted by Crippen LogP contribution is 2.33. The van der Waals surface area contributed by atoms with Crippen LogP contribution in [-0.4, -0.2) is 30.2 Å². The summed E-state index contributed by atoms with van der Waals surface area (Å²) in [7, 11) is 0. The van der Waals surface area contributed by atoms with E-state index < -0.39 is 0 Å². The van der Waals surface area contributed by atoms with Gasteiger partial charge in [-0.3, -0.25) is 14.2 Å². The van der Waals surface area contributed by atoms with E-state index in [1.165, 1.54) is 23.3 Å². The van der Waals surface area contributed by atoms with E-state index in [0.29, 0.717) is 6.54 Å². The summed E-state index contributed by atoms with van der Waals surface area (Å²) in [4.78, 5) is 32.4. The molecule has 0 spiro atoms. The van der Waals surface area contributed by atoms with Gasteiger partial charge in [-0.15, -0.1) is 21.5 Å². The number of aryl methyl sites for hydroxylation is 4. The first-order valence-corrected chi connectivity index (χ1v) is 13.3. The van der Waals surface area contributed by atoms with Gasteiger partial charge >= 0.3 is 0 Å². The molecule has 3 aromatic heterocycles. The molecule has 9 heteroatoms. The normalized spacial score (nSPS) is 15.4. The third-order valence-electron chi connectivity index (χ3n) is 7.06. The second-order valence-electron chi connectivity index (χ2n) is 9.41. The number of carbonyl (C=O) groups excluding carboxylic acids is 1. The fourth-order valence-corrected chi connectivity index (χ4v) is 6.41. The third-order valence-corrected chi connectivity index (χ3v) is 8.26. The van der Waals surface area contributed by atoms with E-state index in [-0.39, 0.29) is 17.9 Å². The Bertz CT molecular complexity index is 1450. The van der Waals surface area contributed by atoms with Crippen molar-refractivity contribution >= 4 is 33.1 Å². The second kappa shape index (κ2) is 9.37. The predicted molar refractivity (Wildman–Crippen MR) is 137 cm³/mol. The lowest BCUT2D eigenvalue weighted by Gasteiger charge is -2.11. The third kappa shape index (κ3) is 4.29. The molecule has 8 nitrogen and oxygen atoms in total. The van der Waals surface area contributed by atoms with Crippen LogP contribution in [0.1, 0.15) is 54.8 Å². The molecular weight excluding hydrogens is 460 g/mol. The zero-order valence-electron chi connectivity index (χ0n) is 19.6. The average molecular weight is 489 g/mol. The Morgan fingerprint density at radius 1 is 1.00 bits per heavy atom. The maximum Gasteiger partial charge on any atom is 0.262 e. The molecule has 0 saturated carbocycles. The van der Waals surface area contributed by atoms with Crippen LogP contribution in [0.4, 0.5) is 5.69 Å². The quantitative estimate of drug-likeness (QED) is 0.451. The fourth-order valence-electron chi connectivity index (χ4n) is 5.19. The molecule has 180 valence electrons. The van der Waals surface area contributed by atoms with Gasteiger partial charge in [0.15, 0.2) is 5.82 Å². The minimum Gasteiger partial charge on any atom is -0.326 e. The lowest BCUT2D eigenvalue weighted by molar-refractivity contribution is -0.116. The lowest BCUT2D eigenvalue weighted by atomic mass is 9.97. The summed E-state index contributed by atoms with van der Waals surface area (Å²) in [5.74, 6) is 1.81. The molecule has 1 aromatic carbocycles. The number of amides is 1. The van der Waals surface area contributed by atoms with Gasteiger partial charge in [0.2, 0.25) is 5.91 Å². The number of nitrogens with one attached hydrogen (secondary N) is 1. The Hall–Kier alpha value is -3.33. The standard InChI is InChI=1S/C26H28N6O2S/c33-22(13-15-31-16-27-25-23(26(31)34)19-6-3-4-7-20(19)35-25)28-18-11-9-17(10-12-18)24-30-29-21-8-2-1-5-14-32(21)24/h9-12,16H,1-8,13-15H2,(H,28,33). The fraction of sp³-hybridized carbons (Fsp3) is 0.423. The van der Waals surface area contributed by atoms with Crippen LogP contribution in [0.5, 0.6) is 0 Å². The predicted octanol–water partition coefficient (Wildman–Crippen LogP) is 4.35. The van der Waals surface area contributed by atoms with Gasteiger partial charge in [-0.25, -0.2) is 4.98 Å². The molecule has 0 unspecified atom stereocenters. The van der Waals surface area contributed by atoms with Crippen molar-refractivity contribution in [1.82, 2.24) is 24.3 Å². The minimum absolute atomic E-state index is 0.0287. The molecule has 1 amide bonds. The van der Waals surface area contributed by atoms with Gasteiger partial charge in [0.05, 0.1) is 11.7 Å². The zero-order chi connectivity index (χ0) is 23.8. The van der Waals surface area contributed by atoms with Gasteiger partial charge in [-0.1, -0.05) is 6.42 Å². The molecule has 2 aliphatic rings. The van der Waals surface area contributed by atoms with Crippen molar-refractivity contribution in [2.45, 2.75) is 70.9 Å². The van der Waals surface area contributed by atoms with Gasteiger partial charge in [0, 0.05) is 42.1 Å². The first-order chi connectivity index (χ1) is 17.2. The van der Waals surface area contributed by atoms with E-state index >= 15 is 0 Å². The number of fused-ring (bicyclic) bond motifs is 4. The van der Waals surface area contributed by atoms with Crippen molar-refractivity contribution < 1.29 is 4.79 Å². The number of benzene rings is 1. The number of anilines is 1. The number of rotatable bonds is 5. The Morgan fingerprint density at radius 3 is 2.71 bits per heavy atom. The highest BCUT2D eigenvalue weighted by Gasteiger charge is 2.20. The number of hydrogen-bond donors (Lipinski definition) is 1. The highest BCUT2D eigenvalue weighted by atomic mass is 32.1. The number of hydrogen-bond acceptors (Lipinski definition) is 6. The van der Waals surface area contributed by atoms with Gasteiger partial charge in [0.25, 0.3) is 5.56 Å². The first kappa shape index (κ1) is 22.2. The van der Waals surface area contributed by atoms with Crippen LogP contribution < -0.4 is 10.9 Å². The van der Waals surface area contributed by atoms with Gasteiger partial charge < -0.3 is 9.88 Å². The molecule has 1 N–H and O–H groups in total. The van der Waals surface area contributed by atoms with Crippen LogP contribution in [0.3, 0.4) is 0 Å². The van der Waals surface area contributed by atoms with E-state index in [0.717, 1.165) is 78.2 Å². The van der Waals surface area contributed by atoms with Gasteiger partial charge in [-0.05, 0) is 68.4 Å². The van der Waals surface area contributed by atoms with Crippen LogP contribution in [-0.2, 0) is 37.1 Å². The molecule has 35 heavy (non-hydrogen) atoms. The van der Waals surface area contributed by atoms with Crippen molar-refractivity contribution in [3.8, 4) is 11.4 Å². The van der Waals surface area contributed by atoms with Crippen LogP contribution in [0, 0.1) is 0 Å². The smallest absolute Gasteiger partial charge is 0.262 e. The number of nitrogens with zero attached hydrogens (tertiary/aromatic N) is 5. The molecule has 0 radical (unpaired) electrons. The molecule has 1 aliphatic carbocycles. The van der Waals surface area contributed by atoms with Crippen molar-refractivity contribution in [3.63, 3.8) is 0 Å². The van der Waals surface area contributed by atoms with E-state index in [4.69, 9.17) is 0 Å². The lowest BCUT2D eigenvalue weighted by Crippen LogP contribution is -2.24. The summed E-state index contributed by atoms with van der Waals surface area (Å²) in [5.41, 5.74) is 2.87. The SMILES string of the molecule is O=C(CCn1cnc2sc3c(c2c1=O)CCCC3)Nc1ccc(-c2nnc3n2CCCCC3)cc1. The number of aromatic nitrogens is 5. The summed E-state index contributed by atoms with van der Waals surface area (Å²) in [5, 5.41) is 12.5. The molecule has 0 atom stereocenters. The Balaban J connectivity index is 1.12. The van der Waals surface area contributed by atoms with Gasteiger partial charge in [-0.2, -0.15) is 0 Å². The largest absolute Gasteiger partial charge is 0.326 e. The Labute approximate surface area is 207 Å². The maximum atomic E-state index is 13.1. The van der Waals surface area contributed by atoms with Crippen molar-refractivity contribution in [2.75, 3.05) is 5.32 Å². The molecule has 4 heterocycles. The summed E-state index contributed by atoms with van der Waals surface area (Å²) < 4.78 is 3.79. The van der Waals surface area contributed by atoms with E-state index in [1.54, 1.807) is 22.2 Å². The number of thiophene rings is 1. The van der Waals surface area contributed by atoms with Crippen LogP contribution in [0.15, 0.2) is 35.4 Å².